The minimum absolute atomic E-state index is 0.00483. The number of carbonyl (C=O) groups excluding carboxylic acids is 2. The molecule has 11 heteroatoms. The molecule has 2 rings (SSSR count). The van der Waals surface area contributed by atoms with Crippen molar-refractivity contribution < 1.29 is 31.2 Å². The Kier molecular flexibility index (Phi) is 7.58. The summed E-state index contributed by atoms with van der Waals surface area (Å²) in [6.45, 7) is 4.76. The maximum atomic E-state index is 12.3. The summed E-state index contributed by atoms with van der Waals surface area (Å²) in [4.78, 5) is 24.6. The van der Waals surface area contributed by atoms with Crippen molar-refractivity contribution in [3.63, 3.8) is 0 Å². The van der Waals surface area contributed by atoms with E-state index in [1.165, 1.54) is 55.5 Å². The summed E-state index contributed by atoms with van der Waals surface area (Å²) < 4.78 is 55.1. The summed E-state index contributed by atoms with van der Waals surface area (Å²) in [5.41, 5.74) is 0.310. The van der Waals surface area contributed by atoms with Gasteiger partial charge in [0.2, 0.25) is 10.0 Å². The third kappa shape index (κ3) is 6.88. The third-order valence-corrected chi connectivity index (χ3v) is 6.76. The van der Waals surface area contributed by atoms with Crippen molar-refractivity contribution in [1.29, 1.82) is 0 Å². The van der Waals surface area contributed by atoms with Gasteiger partial charge in [0.25, 0.3) is 5.91 Å². The number of carbonyl (C=O) groups is 2. The summed E-state index contributed by atoms with van der Waals surface area (Å²) in [6, 6.07) is 10.6. The van der Waals surface area contributed by atoms with Crippen molar-refractivity contribution in [2.24, 2.45) is 0 Å². The number of nitrogens with one attached hydrogen (secondary N) is 2. The van der Waals surface area contributed by atoms with Gasteiger partial charge < -0.3 is 10.1 Å². The summed E-state index contributed by atoms with van der Waals surface area (Å²) in [5, 5.41) is 2.53. The molecule has 0 aliphatic rings. The molecule has 2 N–H and O–H groups in total. The third-order valence-electron chi connectivity index (χ3n) is 3.97. The van der Waals surface area contributed by atoms with Crippen LogP contribution in [0.3, 0.4) is 0 Å². The fourth-order valence-corrected chi connectivity index (χ4v) is 4.39. The standard InChI is InChI=1S/C20H24N2O7S2/c1-13(2)22-31(27,28)17-10-8-16(9-11-17)21-19(23)14(3)29-20(24)15-6-5-7-18(12-15)30(4,25)26/h5-14,22H,1-4H3,(H,21,23). The maximum absolute atomic E-state index is 12.3. The zero-order valence-corrected chi connectivity index (χ0v) is 19.1. The first-order valence-electron chi connectivity index (χ1n) is 9.24. The summed E-state index contributed by atoms with van der Waals surface area (Å²) in [6.07, 6.45) is -0.163. The van der Waals surface area contributed by atoms with E-state index in [-0.39, 0.29) is 21.4 Å². The monoisotopic (exact) mass is 468 g/mol. The molecule has 0 aliphatic heterocycles. The molecule has 0 bridgehead atoms. The van der Waals surface area contributed by atoms with Gasteiger partial charge in [0.15, 0.2) is 15.9 Å². The smallest absolute Gasteiger partial charge is 0.338 e. The van der Waals surface area contributed by atoms with E-state index in [9.17, 15) is 26.4 Å². The Morgan fingerprint density at radius 3 is 2.06 bits per heavy atom. The molecule has 0 aromatic heterocycles. The lowest BCUT2D eigenvalue weighted by Crippen LogP contribution is -2.30. The molecule has 2 aromatic rings. The topological polar surface area (TPSA) is 136 Å². The van der Waals surface area contributed by atoms with Crippen LogP contribution in [0.4, 0.5) is 5.69 Å². The average Bonchev–Trinajstić information content (AvgIpc) is 2.66. The number of sulfone groups is 1. The quantitative estimate of drug-likeness (QED) is 0.565. The Morgan fingerprint density at radius 2 is 1.52 bits per heavy atom. The highest BCUT2D eigenvalue weighted by Gasteiger charge is 2.21. The van der Waals surface area contributed by atoms with Gasteiger partial charge in [0.1, 0.15) is 0 Å². The average molecular weight is 469 g/mol. The molecular weight excluding hydrogens is 444 g/mol. The molecule has 1 atom stereocenters. The minimum Gasteiger partial charge on any atom is -0.449 e. The number of rotatable bonds is 8. The van der Waals surface area contributed by atoms with Gasteiger partial charge in [-0.2, -0.15) is 0 Å². The highest BCUT2D eigenvalue weighted by atomic mass is 32.2. The van der Waals surface area contributed by atoms with Crippen LogP contribution >= 0.6 is 0 Å². The molecule has 0 saturated carbocycles. The van der Waals surface area contributed by atoms with Crippen LogP contribution in [0, 0.1) is 0 Å². The molecule has 0 aliphatic carbocycles. The summed E-state index contributed by atoms with van der Waals surface area (Å²) >= 11 is 0. The van der Waals surface area contributed by atoms with E-state index in [1.54, 1.807) is 13.8 Å². The molecule has 0 heterocycles. The predicted molar refractivity (Wildman–Crippen MR) is 115 cm³/mol. The van der Waals surface area contributed by atoms with E-state index in [0.717, 1.165) is 6.26 Å². The maximum Gasteiger partial charge on any atom is 0.338 e. The van der Waals surface area contributed by atoms with Gasteiger partial charge in [-0.3, -0.25) is 4.79 Å². The van der Waals surface area contributed by atoms with Crippen LogP contribution in [0.5, 0.6) is 0 Å². The Hall–Kier alpha value is -2.76. The second-order valence-corrected chi connectivity index (χ2v) is 10.9. The molecule has 9 nitrogen and oxygen atoms in total. The van der Waals surface area contributed by atoms with Crippen LogP contribution in [0.2, 0.25) is 0 Å². The molecule has 2 aromatic carbocycles. The van der Waals surface area contributed by atoms with E-state index in [1.807, 2.05) is 0 Å². The Balaban J connectivity index is 2.04. The largest absolute Gasteiger partial charge is 0.449 e. The van der Waals surface area contributed by atoms with Crippen molar-refractivity contribution in [1.82, 2.24) is 4.72 Å². The SMILES string of the molecule is CC(C)NS(=O)(=O)c1ccc(NC(=O)C(C)OC(=O)c2cccc(S(C)(=O)=O)c2)cc1. The summed E-state index contributed by atoms with van der Waals surface area (Å²) in [5.74, 6) is -1.49. The molecule has 1 amide bonds. The van der Waals surface area contributed by atoms with Crippen LogP contribution in [-0.4, -0.2) is 47.1 Å². The van der Waals surface area contributed by atoms with Crippen molar-refractivity contribution in [2.75, 3.05) is 11.6 Å². The van der Waals surface area contributed by atoms with Gasteiger partial charge in [-0.1, -0.05) is 6.07 Å². The first kappa shape index (κ1) is 24.5. The molecule has 168 valence electrons. The number of hydrogen-bond acceptors (Lipinski definition) is 7. The number of esters is 1. The van der Waals surface area contributed by atoms with E-state index in [0.29, 0.717) is 5.69 Å². The van der Waals surface area contributed by atoms with Crippen molar-refractivity contribution >= 4 is 37.4 Å². The molecular formula is C20H24N2O7S2. The fourth-order valence-electron chi connectivity index (χ4n) is 2.48. The van der Waals surface area contributed by atoms with Crippen molar-refractivity contribution in [3.05, 3.63) is 54.1 Å². The lowest BCUT2D eigenvalue weighted by atomic mass is 10.2. The lowest BCUT2D eigenvalue weighted by molar-refractivity contribution is -0.123. The highest BCUT2D eigenvalue weighted by Crippen LogP contribution is 2.16. The Labute approximate surface area is 181 Å². The second kappa shape index (κ2) is 9.58. The molecule has 0 fully saturated rings. The van der Waals surface area contributed by atoms with Gasteiger partial charge in [0, 0.05) is 18.0 Å². The zero-order valence-electron chi connectivity index (χ0n) is 17.4. The predicted octanol–water partition coefficient (Wildman–Crippen LogP) is 1.96. The number of benzene rings is 2. The number of amides is 1. The Bertz CT molecular complexity index is 1170. The van der Waals surface area contributed by atoms with E-state index >= 15 is 0 Å². The fraction of sp³-hybridized carbons (Fsp3) is 0.300. The summed E-state index contributed by atoms with van der Waals surface area (Å²) in [7, 11) is -7.16. The van der Waals surface area contributed by atoms with Gasteiger partial charge in [-0.15, -0.1) is 0 Å². The molecule has 0 saturated heterocycles. The zero-order chi connectivity index (χ0) is 23.4. The second-order valence-electron chi connectivity index (χ2n) is 7.14. The number of hydrogen-bond donors (Lipinski definition) is 2. The molecule has 1 unspecified atom stereocenters. The van der Waals surface area contributed by atoms with Crippen LogP contribution in [0.25, 0.3) is 0 Å². The van der Waals surface area contributed by atoms with Gasteiger partial charge in [-0.05, 0) is 63.2 Å². The molecule has 31 heavy (non-hydrogen) atoms. The van der Waals surface area contributed by atoms with Crippen LogP contribution in [0.1, 0.15) is 31.1 Å². The van der Waals surface area contributed by atoms with E-state index in [4.69, 9.17) is 4.74 Å². The highest BCUT2D eigenvalue weighted by molar-refractivity contribution is 7.90. The van der Waals surface area contributed by atoms with Crippen molar-refractivity contribution in [3.8, 4) is 0 Å². The number of anilines is 1. The molecule has 0 spiro atoms. The lowest BCUT2D eigenvalue weighted by Gasteiger charge is -2.14. The van der Waals surface area contributed by atoms with Gasteiger partial charge in [0.05, 0.1) is 15.4 Å². The normalized spacial score (nSPS) is 12.9. The minimum atomic E-state index is -3.66. The Morgan fingerprint density at radius 1 is 0.903 bits per heavy atom. The van der Waals surface area contributed by atoms with Crippen LogP contribution in [-0.2, 0) is 29.4 Å². The van der Waals surface area contributed by atoms with Crippen LogP contribution in [0.15, 0.2) is 58.3 Å². The van der Waals surface area contributed by atoms with E-state index in [2.05, 4.69) is 10.0 Å². The van der Waals surface area contributed by atoms with E-state index < -0.39 is 37.8 Å². The first-order valence-corrected chi connectivity index (χ1v) is 12.6. The van der Waals surface area contributed by atoms with Crippen molar-refractivity contribution in [2.45, 2.75) is 42.7 Å². The number of sulfonamides is 1. The molecule has 0 radical (unpaired) electrons. The van der Waals surface area contributed by atoms with Gasteiger partial charge >= 0.3 is 5.97 Å². The van der Waals surface area contributed by atoms with Gasteiger partial charge in [-0.25, -0.2) is 26.4 Å². The first-order chi connectivity index (χ1) is 14.3. The van der Waals surface area contributed by atoms with Crippen LogP contribution < -0.4 is 10.0 Å². The number of ether oxygens (including phenoxy) is 1.